The van der Waals surface area contributed by atoms with E-state index in [-0.39, 0.29) is 0 Å². The number of pyridine rings is 2. The van der Waals surface area contributed by atoms with E-state index in [1.54, 1.807) is 11.3 Å². The monoisotopic (exact) mass is 516 g/mol. The van der Waals surface area contributed by atoms with Crippen LogP contribution in [0.15, 0.2) is 122 Å². The zero-order valence-electron chi connectivity index (χ0n) is 20.7. The number of thiophene rings is 1. The maximum atomic E-state index is 5.28. The highest BCUT2D eigenvalue weighted by atomic mass is 32.1. The van der Waals surface area contributed by atoms with Crippen LogP contribution < -0.4 is 0 Å². The summed E-state index contributed by atoms with van der Waals surface area (Å²) in [6.45, 7) is 0. The van der Waals surface area contributed by atoms with Gasteiger partial charge in [-0.05, 0) is 36.4 Å². The molecule has 0 bridgehead atoms. The van der Waals surface area contributed by atoms with Gasteiger partial charge in [0.05, 0.1) is 48.9 Å². The Hall–Kier alpha value is -5.00. The molecule has 0 atom stereocenters. The summed E-state index contributed by atoms with van der Waals surface area (Å²) in [4.78, 5) is 10.0. The Labute approximate surface area is 227 Å². The Morgan fingerprint density at radius 2 is 1.00 bits per heavy atom. The van der Waals surface area contributed by atoms with Gasteiger partial charge in [-0.25, -0.2) is 4.98 Å². The average Bonchev–Trinajstić information content (AvgIpc) is 3.65. The van der Waals surface area contributed by atoms with Crippen LogP contribution in [0, 0.1) is 0 Å². The van der Waals surface area contributed by atoms with E-state index in [0.717, 1.165) is 38.1 Å². The van der Waals surface area contributed by atoms with Crippen molar-refractivity contribution in [1.29, 1.82) is 0 Å². The third-order valence-electron chi connectivity index (χ3n) is 7.82. The van der Waals surface area contributed by atoms with Crippen molar-refractivity contribution in [2.75, 3.05) is 0 Å². The van der Waals surface area contributed by atoms with Crippen molar-refractivity contribution in [1.82, 2.24) is 19.1 Å². The topological polar surface area (TPSA) is 35.6 Å². The van der Waals surface area contributed by atoms with Crippen LogP contribution in [-0.4, -0.2) is 19.1 Å². The van der Waals surface area contributed by atoms with E-state index < -0.39 is 0 Å². The standard InChI is InChI=1S/C34H20N4S/c1-5-13-26-21(9-1)22-10-2-6-14-27(22)37(26)30-20-35-19-25-33-31(39-34(25)30)17-18-32(36-33)38-28-15-7-3-11-23(28)24-12-4-8-16-29(24)38/h1-20H. The summed E-state index contributed by atoms with van der Waals surface area (Å²) in [5.74, 6) is 0.918. The van der Waals surface area contributed by atoms with Gasteiger partial charge in [-0.2, -0.15) is 0 Å². The Morgan fingerprint density at radius 3 is 1.56 bits per heavy atom. The van der Waals surface area contributed by atoms with Gasteiger partial charge in [0.15, 0.2) is 0 Å². The minimum atomic E-state index is 0.918. The Balaban J connectivity index is 1.34. The fourth-order valence-corrected chi connectivity index (χ4v) is 7.29. The number of fused-ring (bicyclic) bond motifs is 9. The molecule has 39 heavy (non-hydrogen) atoms. The second-order valence-electron chi connectivity index (χ2n) is 9.89. The molecular formula is C34H20N4S. The number of rotatable bonds is 2. The maximum Gasteiger partial charge on any atom is 0.138 e. The fraction of sp³-hybridized carbons (Fsp3) is 0. The van der Waals surface area contributed by atoms with E-state index in [1.165, 1.54) is 37.3 Å². The summed E-state index contributed by atoms with van der Waals surface area (Å²) in [6, 6.07) is 38.7. The largest absolute Gasteiger partial charge is 0.306 e. The zero-order valence-corrected chi connectivity index (χ0v) is 21.6. The predicted octanol–water partition coefficient (Wildman–Crippen LogP) is 9.04. The molecular weight excluding hydrogens is 496 g/mol. The highest BCUT2D eigenvalue weighted by molar-refractivity contribution is 7.26. The highest BCUT2D eigenvalue weighted by Crippen LogP contribution is 2.40. The van der Waals surface area contributed by atoms with Crippen LogP contribution in [0.3, 0.4) is 0 Å². The molecule has 5 aromatic heterocycles. The molecule has 0 spiro atoms. The number of hydrogen-bond acceptors (Lipinski definition) is 3. The van der Waals surface area contributed by atoms with Crippen molar-refractivity contribution >= 4 is 75.3 Å². The van der Waals surface area contributed by atoms with E-state index in [1.807, 2.05) is 12.4 Å². The summed E-state index contributed by atoms with van der Waals surface area (Å²) in [5.41, 5.74) is 6.77. The lowest BCUT2D eigenvalue weighted by Crippen LogP contribution is -1.97. The van der Waals surface area contributed by atoms with E-state index in [4.69, 9.17) is 9.97 Å². The van der Waals surface area contributed by atoms with Gasteiger partial charge in [0.25, 0.3) is 0 Å². The average molecular weight is 517 g/mol. The molecule has 4 nitrogen and oxygen atoms in total. The molecule has 0 saturated carbocycles. The second kappa shape index (κ2) is 7.76. The molecule has 5 heteroatoms. The van der Waals surface area contributed by atoms with E-state index in [0.29, 0.717) is 0 Å². The van der Waals surface area contributed by atoms with Gasteiger partial charge in [0.2, 0.25) is 0 Å². The lowest BCUT2D eigenvalue weighted by molar-refractivity contribution is 1.10. The van der Waals surface area contributed by atoms with Gasteiger partial charge >= 0.3 is 0 Å². The molecule has 0 unspecified atom stereocenters. The molecule has 0 radical (unpaired) electrons. The van der Waals surface area contributed by atoms with Crippen molar-refractivity contribution in [3.63, 3.8) is 0 Å². The van der Waals surface area contributed by atoms with Gasteiger partial charge in [0, 0.05) is 33.1 Å². The van der Waals surface area contributed by atoms with Crippen LogP contribution in [0.4, 0.5) is 0 Å². The minimum absolute atomic E-state index is 0.918. The van der Waals surface area contributed by atoms with Crippen LogP contribution in [0.25, 0.3) is 75.4 Å². The molecule has 9 rings (SSSR count). The molecule has 0 fully saturated rings. The highest BCUT2D eigenvalue weighted by Gasteiger charge is 2.18. The number of benzene rings is 4. The summed E-state index contributed by atoms with van der Waals surface area (Å²) in [7, 11) is 0. The lowest BCUT2D eigenvalue weighted by atomic mass is 10.2. The Morgan fingerprint density at radius 1 is 0.487 bits per heavy atom. The fourth-order valence-electron chi connectivity index (χ4n) is 6.17. The van der Waals surface area contributed by atoms with Crippen molar-refractivity contribution in [2.24, 2.45) is 0 Å². The maximum absolute atomic E-state index is 5.28. The number of hydrogen-bond donors (Lipinski definition) is 0. The first-order chi connectivity index (χ1) is 19.4. The van der Waals surface area contributed by atoms with Crippen molar-refractivity contribution in [2.45, 2.75) is 0 Å². The summed E-state index contributed by atoms with van der Waals surface area (Å²) >= 11 is 1.78. The van der Waals surface area contributed by atoms with Gasteiger partial charge in [0.1, 0.15) is 5.82 Å². The summed E-state index contributed by atoms with van der Waals surface area (Å²) in [5, 5.41) is 6.05. The Bertz CT molecular complexity index is 2300. The van der Waals surface area contributed by atoms with E-state index in [9.17, 15) is 0 Å². The van der Waals surface area contributed by atoms with Gasteiger partial charge < -0.3 is 4.57 Å². The molecule has 0 N–H and O–H groups in total. The van der Waals surface area contributed by atoms with Gasteiger partial charge in [-0.3, -0.25) is 9.55 Å². The lowest BCUT2D eigenvalue weighted by Gasteiger charge is -2.08. The quantitative estimate of drug-likeness (QED) is 0.230. The van der Waals surface area contributed by atoms with E-state index >= 15 is 0 Å². The molecule has 4 aromatic carbocycles. The minimum Gasteiger partial charge on any atom is -0.306 e. The second-order valence-corrected chi connectivity index (χ2v) is 10.9. The van der Waals surface area contributed by atoms with Crippen LogP contribution in [-0.2, 0) is 0 Å². The molecule has 0 saturated heterocycles. The third-order valence-corrected chi connectivity index (χ3v) is 9.00. The van der Waals surface area contributed by atoms with Crippen LogP contribution in [0.2, 0.25) is 0 Å². The van der Waals surface area contributed by atoms with Crippen molar-refractivity contribution in [3.8, 4) is 11.5 Å². The molecule has 0 amide bonds. The smallest absolute Gasteiger partial charge is 0.138 e. The molecule has 0 aliphatic carbocycles. The number of nitrogens with zero attached hydrogens (tertiary/aromatic N) is 4. The predicted molar refractivity (Wildman–Crippen MR) is 164 cm³/mol. The Kier molecular flexibility index (Phi) is 4.18. The molecule has 0 aliphatic heterocycles. The van der Waals surface area contributed by atoms with E-state index in [2.05, 4.69) is 118 Å². The van der Waals surface area contributed by atoms with Gasteiger partial charge in [-0.15, -0.1) is 11.3 Å². The summed E-state index contributed by atoms with van der Waals surface area (Å²) in [6.07, 6.45) is 3.96. The normalized spacial score (nSPS) is 12.1. The first-order valence-electron chi connectivity index (χ1n) is 13.0. The van der Waals surface area contributed by atoms with Crippen LogP contribution in [0.5, 0.6) is 0 Å². The molecule has 0 aliphatic rings. The van der Waals surface area contributed by atoms with Crippen molar-refractivity contribution < 1.29 is 0 Å². The molecule has 5 heterocycles. The number of aromatic nitrogens is 4. The van der Waals surface area contributed by atoms with Crippen LogP contribution in [0.1, 0.15) is 0 Å². The SMILES string of the molecule is c1ccc2c(c1)c1ccccc1n2-c1ccc2sc3c(-n4c5ccccc5c5ccccc54)cncc3c2n1. The van der Waals surface area contributed by atoms with Crippen LogP contribution >= 0.6 is 11.3 Å². The first-order valence-corrected chi connectivity index (χ1v) is 13.8. The summed E-state index contributed by atoms with van der Waals surface area (Å²) < 4.78 is 6.98. The first kappa shape index (κ1) is 21.0. The third kappa shape index (κ3) is 2.82. The molecule has 182 valence electrons. The van der Waals surface area contributed by atoms with Gasteiger partial charge in [-0.1, -0.05) is 72.8 Å². The number of para-hydroxylation sites is 4. The molecule has 9 aromatic rings. The zero-order chi connectivity index (χ0) is 25.5. The van der Waals surface area contributed by atoms with Crippen molar-refractivity contribution in [3.05, 3.63) is 122 Å².